The average molecular weight is 338 g/mol. The minimum atomic E-state index is -0.0604. The third kappa shape index (κ3) is 3.05. The molecule has 4 rings (SSSR count). The maximum Gasteiger partial charge on any atom is 0.231 e. The Balaban J connectivity index is 1.64. The van der Waals surface area contributed by atoms with Crippen molar-refractivity contribution < 1.29 is 23.7 Å². The predicted molar refractivity (Wildman–Crippen MR) is 92.6 cm³/mol. The Labute approximate surface area is 145 Å². The van der Waals surface area contributed by atoms with Crippen molar-refractivity contribution in [2.75, 3.05) is 13.4 Å². The maximum absolute atomic E-state index is 12.8. The molecular formula is C20H18O5. The summed E-state index contributed by atoms with van der Waals surface area (Å²) >= 11 is 0. The fourth-order valence-corrected chi connectivity index (χ4v) is 2.87. The maximum atomic E-state index is 12.8. The van der Waals surface area contributed by atoms with Gasteiger partial charge in [-0.3, -0.25) is 4.79 Å². The van der Waals surface area contributed by atoms with Gasteiger partial charge in [0.05, 0.1) is 11.7 Å². The highest BCUT2D eigenvalue weighted by Gasteiger charge is 2.27. The number of hydrogen-bond donors (Lipinski definition) is 0. The van der Waals surface area contributed by atoms with Crippen molar-refractivity contribution in [3.8, 4) is 23.0 Å². The van der Waals surface area contributed by atoms with Crippen LogP contribution in [-0.4, -0.2) is 25.3 Å². The molecule has 2 aromatic carbocycles. The lowest BCUT2D eigenvalue weighted by Crippen LogP contribution is -2.19. The molecule has 0 aliphatic carbocycles. The molecule has 0 saturated heterocycles. The van der Waals surface area contributed by atoms with Crippen LogP contribution in [0.1, 0.15) is 29.8 Å². The van der Waals surface area contributed by atoms with Crippen LogP contribution in [0.2, 0.25) is 0 Å². The van der Waals surface area contributed by atoms with E-state index in [1.807, 2.05) is 44.2 Å². The van der Waals surface area contributed by atoms with E-state index in [1.54, 1.807) is 12.1 Å². The number of hydrogen-bond acceptors (Lipinski definition) is 5. The van der Waals surface area contributed by atoms with Gasteiger partial charge in [0.2, 0.25) is 6.79 Å². The average Bonchev–Trinajstić information content (AvgIpc) is 3.03. The standard InChI is InChI=1S/C20H18O5/c1-12(2)25-15-5-3-4-13(7-15)6-14-10-22-17-9-19-18(23-11-24-19)8-16(17)20(14)21/h3-9,12H,10-11H2,1-2H3/b14-6-. The molecule has 0 amide bonds. The van der Waals surface area contributed by atoms with Crippen LogP contribution in [0.25, 0.3) is 6.08 Å². The number of ketones is 1. The van der Waals surface area contributed by atoms with Gasteiger partial charge in [0.15, 0.2) is 17.3 Å². The molecular weight excluding hydrogens is 320 g/mol. The first-order valence-electron chi connectivity index (χ1n) is 8.18. The summed E-state index contributed by atoms with van der Waals surface area (Å²) in [5.41, 5.74) is 1.98. The van der Waals surface area contributed by atoms with Crippen molar-refractivity contribution >= 4 is 11.9 Å². The molecule has 0 bridgehead atoms. The Kier molecular flexibility index (Phi) is 3.84. The second kappa shape index (κ2) is 6.16. The monoisotopic (exact) mass is 338 g/mol. The minimum absolute atomic E-state index is 0.0604. The number of fused-ring (bicyclic) bond motifs is 2. The van der Waals surface area contributed by atoms with Crippen LogP contribution in [-0.2, 0) is 0 Å². The summed E-state index contributed by atoms with van der Waals surface area (Å²) in [5.74, 6) is 2.43. The second-order valence-electron chi connectivity index (χ2n) is 6.23. The van der Waals surface area contributed by atoms with Crippen LogP contribution in [0.15, 0.2) is 42.0 Å². The molecule has 5 heteroatoms. The van der Waals surface area contributed by atoms with Crippen LogP contribution in [0.3, 0.4) is 0 Å². The smallest absolute Gasteiger partial charge is 0.231 e. The number of benzene rings is 2. The fourth-order valence-electron chi connectivity index (χ4n) is 2.87. The second-order valence-corrected chi connectivity index (χ2v) is 6.23. The van der Waals surface area contributed by atoms with Gasteiger partial charge in [-0.2, -0.15) is 0 Å². The number of rotatable bonds is 3. The zero-order valence-corrected chi connectivity index (χ0v) is 14.1. The Morgan fingerprint density at radius 3 is 2.64 bits per heavy atom. The molecule has 2 aromatic rings. The fraction of sp³-hybridized carbons (Fsp3) is 0.250. The van der Waals surface area contributed by atoms with Crippen molar-refractivity contribution in [1.29, 1.82) is 0 Å². The first-order valence-corrected chi connectivity index (χ1v) is 8.18. The summed E-state index contributed by atoms with van der Waals surface area (Å²) in [6.45, 7) is 4.34. The molecule has 0 spiro atoms. The molecule has 0 radical (unpaired) electrons. The molecule has 0 fully saturated rings. The zero-order valence-electron chi connectivity index (χ0n) is 14.1. The molecule has 2 aliphatic rings. The summed E-state index contributed by atoms with van der Waals surface area (Å²) in [5, 5.41) is 0. The van der Waals surface area contributed by atoms with Crippen LogP contribution in [0, 0.1) is 0 Å². The number of Topliss-reactive ketones (excluding diaryl/α,β-unsaturated/α-hetero) is 1. The Hall–Kier alpha value is -2.95. The highest BCUT2D eigenvalue weighted by atomic mass is 16.7. The van der Waals surface area contributed by atoms with Crippen molar-refractivity contribution in [3.63, 3.8) is 0 Å². The molecule has 25 heavy (non-hydrogen) atoms. The molecule has 0 N–H and O–H groups in total. The van der Waals surface area contributed by atoms with E-state index in [-0.39, 0.29) is 25.3 Å². The topological polar surface area (TPSA) is 54.0 Å². The largest absolute Gasteiger partial charge is 0.491 e. The van der Waals surface area contributed by atoms with Gasteiger partial charge in [-0.25, -0.2) is 0 Å². The third-order valence-electron chi connectivity index (χ3n) is 3.97. The first-order chi connectivity index (χ1) is 12.1. The van der Waals surface area contributed by atoms with Crippen LogP contribution in [0.4, 0.5) is 0 Å². The van der Waals surface area contributed by atoms with Gasteiger partial charge in [-0.1, -0.05) is 12.1 Å². The Morgan fingerprint density at radius 1 is 1.04 bits per heavy atom. The van der Waals surface area contributed by atoms with Crippen molar-refractivity contribution in [2.45, 2.75) is 20.0 Å². The summed E-state index contributed by atoms with van der Waals surface area (Å²) in [7, 11) is 0. The van der Waals surface area contributed by atoms with Gasteiger partial charge in [0, 0.05) is 11.6 Å². The van der Waals surface area contributed by atoms with E-state index in [0.29, 0.717) is 28.4 Å². The van der Waals surface area contributed by atoms with Gasteiger partial charge in [-0.15, -0.1) is 0 Å². The molecule has 128 valence electrons. The minimum Gasteiger partial charge on any atom is -0.491 e. The first kappa shape index (κ1) is 15.6. The third-order valence-corrected chi connectivity index (χ3v) is 3.97. The number of carbonyl (C=O) groups excluding carboxylic acids is 1. The molecule has 0 atom stereocenters. The van der Waals surface area contributed by atoms with Crippen LogP contribution >= 0.6 is 0 Å². The van der Waals surface area contributed by atoms with E-state index < -0.39 is 0 Å². The van der Waals surface area contributed by atoms with Crippen LogP contribution < -0.4 is 18.9 Å². The Bertz CT molecular complexity index is 866. The highest BCUT2D eigenvalue weighted by molar-refractivity contribution is 6.14. The summed E-state index contributed by atoms with van der Waals surface area (Å²) in [6.07, 6.45) is 1.93. The summed E-state index contributed by atoms with van der Waals surface area (Å²) < 4.78 is 22.1. The SMILES string of the molecule is CC(C)Oc1cccc(/C=C2/COc3cc4c(cc3C2=O)OCO4)c1. The molecule has 0 aromatic heterocycles. The van der Waals surface area contributed by atoms with Gasteiger partial charge in [0.25, 0.3) is 0 Å². The van der Waals surface area contributed by atoms with Crippen molar-refractivity contribution in [3.05, 3.63) is 53.1 Å². The quantitative estimate of drug-likeness (QED) is 0.796. The van der Waals surface area contributed by atoms with E-state index in [4.69, 9.17) is 18.9 Å². The lowest BCUT2D eigenvalue weighted by Gasteiger charge is -2.19. The molecule has 0 saturated carbocycles. The number of ether oxygens (including phenoxy) is 4. The molecule has 2 heterocycles. The molecule has 0 unspecified atom stereocenters. The zero-order chi connectivity index (χ0) is 17.4. The van der Waals surface area contributed by atoms with E-state index >= 15 is 0 Å². The molecule has 5 nitrogen and oxygen atoms in total. The van der Waals surface area contributed by atoms with E-state index in [1.165, 1.54) is 0 Å². The van der Waals surface area contributed by atoms with Crippen molar-refractivity contribution in [1.82, 2.24) is 0 Å². The van der Waals surface area contributed by atoms with Crippen LogP contribution in [0.5, 0.6) is 23.0 Å². The van der Waals surface area contributed by atoms with E-state index in [9.17, 15) is 4.79 Å². The van der Waals surface area contributed by atoms with Gasteiger partial charge < -0.3 is 18.9 Å². The molecule has 2 aliphatic heterocycles. The number of carbonyl (C=O) groups is 1. The predicted octanol–water partition coefficient (Wildman–Crippen LogP) is 3.86. The lowest BCUT2D eigenvalue weighted by atomic mass is 9.98. The van der Waals surface area contributed by atoms with E-state index in [2.05, 4.69) is 0 Å². The van der Waals surface area contributed by atoms with E-state index in [0.717, 1.165) is 11.3 Å². The summed E-state index contributed by atoms with van der Waals surface area (Å²) in [6, 6.07) is 11.0. The highest BCUT2D eigenvalue weighted by Crippen LogP contribution is 2.40. The van der Waals surface area contributed by atoms with Crippen molar-refractivity contribution in [2.24, 2.45) is 0 Å². The van der Waals surface area contributed by atoms with Gasteiger partial charge >= 0.3 is 0 Å². The normalized spacial score (nSPS) is 16.8. The Morgan fingerprint density at radius 2 is 1.84 bits per heavy atom. The summed E-state index contributed by atoms with van der Waals surface area (Å²) in [4.78, 5) is 12.8. The lowest BCUT2D eigenvalue weighted by molar-refractivity contribution is 0.100. The van der Waals surface area contributed by atoms with Gasteiger partial charge in [0.1, 0.15) is 18.1 Å². The van der Waals surface area contributed by atoms with Gasteiger partial charge in [-0.05, 0) is 43.7 Å².